The molecule has 0 radical (unpaired) electrons. The molecule has 2 aliphatic heterocycles. The highest BCUT2D eigenvalue weighted by Crippen LogP contribution is 2.31. The van der Waals surface area contributed by atoms with Gasteiger partial charge in [-0.25, -0.2) is 4.79 Å². The van der Waals surface area contributed by atoms with Crippen LogP contribution in [0.1, 0.15) is 18.4 Å². The molecule has 5 heteroatoms. The van der Waals surface area contributed by atoms with Crippen LogP contribution in [0.25, 0.3) is 0 Å². The van der Waals surface area contributed by atoms with Crippen molar-refractivity contribution in [3.05, 3.63) is 42.7 Å². The second-order valence-electron chi connectivity index (χ2n) is 5.71. The number of carbonyl (C=O) groups excluding carboxylic acids is 1. The third-order valence-electron chi connectivity index (χ3n) is 4.48. The molecule has 1 N–H and O–H groups in total. The van der Waals surface area contributed by atoms with Crippen LogP contribution in [0.3, 0.4) is 0 Å². The maximum atomic E-state index is 12.4. The van der Waals surface area contributed by atoms with Crippen LogP contribution < -0.4 is 5.32 Å². The summed E-state index contributed by atoms with van der Waals surface area (Å²) in [6.45, 7) is 7.19. The average Bonchev–Trinajstić information content (AvgIpc) is 3.09. The number of fused-ring (bicyclic) bond motifs is 1. The molecule has 0 bridgehead atoms. The maximum Gasteiger partial charge on any atom is 0.317 e. The Morgan fingerprint density at radius 3 is 3.05 bits per heavy atom. The van der Waals surface area contributed by atoms with Gasteiger partial charge in [-0.05, 0) is 24.5 Å². The minimum atomic E-state index is 0.0480. The largest absolute Gasteiger partial charge is 0.334 e. The smallest absolute Gasteiger partial charge is 0.317 e. The van der Waals surface area contributed by atoms with E-state index < -0.39 is 0 Å². The van der Waals surface area contributed by atoms with Gasteiger partial charge in [-0.15, -0.1) is 6.58 Å². The van der Waals surface area contributed by atoms with Crippen molar-refractivity contribution >= 4 is 6.03 Å². The van der Waals surface area contributed by atoms with E-state index >= 15 is 0 Å². The lowest BCUT2D eigenvalue weighted by atomic mass is 10.1. The molecule has 0 aromatic carbocycles. The summed E-state index contributed by atoms with van der Waals surface area (Å²) in [5, 5.41) is 3.01. The minimum absolute atomic E-state index is 0.0480. The molecule has 2 saturated heterocycles. The Labute approximate surface area is 125 Å². The number of hydrogen-bond donors (Lipinski definition) is 1. The van der Waals surface area contributed by atoms with E-state index in [1.54, 1.807) is 12.4 Å². The van der Waals surface area contributed by atoms with Crippen molar-refractivity contribution in [2.75, 3.05) is 19.6 Å². The summed E-state index contributed by atoms with van der Waals surface area (Å²) in [5.74, 6) is 0. The first-order valence-electron chi connectivity index (χ1n) is 7.58. The Hall–Kier alpha value is -1.88. The van der Waals surface area contributed by atoms with Gasteiger partial charge in [0.1, 0.15) is 0 Å². The molecule has 2 fully saturated rings. The fourth-order valence-corrected chi connectivity index (χ4v) is 3.50. The highest BCUT2D eigenvalue weighted by Gasteiger charge is 2.43. The molecule has 5 nitrogen and oxygen atoms in total. The zero-order valence-corrected chi connectivity index (χ0v) is 12.2. The molecular formula is C16H22N4O. The molecule has 2 atom stereocenters. The van der Waals surface area contributed by atoms with Gasteiger partial charge >= 0.3 is 6.03 Å². The number of aromatic nitrogens is 1. The predicted molar refractivity (Wildman–Crippen MR) is 81.8 cm³/mol. The Bertz CT molecular complexity index is 504. The monoisotopic (exact) mass is 286 g/mol. The molecule has 0 unspecified atom stereocenters. The lowest BCUT2D eigenvalue weighted by Gasteiger charge is -2.25. The predicted octanol–water partition coefficient (Wildman–Crippen LogP) is 1.63. The number of carbonyl (C=O) groups is 1. The van der Waals surface area contributed by atoms with Crippen molar-refractivity contribution in [3.63, 3.8) is 0 Å². The van der Waals surface area contributed by atoms with Gasteiger partial charge in [0.2, 0.25) is 0 Å². The van der Waals surface area contributed by atoms with Crippen LogP contribution in [0.5, 0.6) is 0 Å². The van der Waals surface area contributed by atoms with Crippen LogP contribution >= 0.6 is 0 Å². The van der Waals surface area contributed by atoms with Gasteiger partial charge in [-0.3, -0.25) is 9.88 Å². The van der Waals surface area contributed by atoms with Crippen LogP contribution in [0.15, 0.2) is 37.2 Å². The highest BCUT2D eigenvalue weighted by atomic mass is 16.2. The normalized spacial score (nSPS) is 24.9. The van der Waals surface area contributed by atoms with Crippen molar-refractivity contribution < 1.29 is 4.79 Å². The second kappa shape index (κ2) is 6.26. The number of urea groups is 1. The van der Waals surface area contributed by atoms with Crippen molar-refractivity contribution in [1.29, 1.82) is 0 Å². The van der Waals surface area contributed by atoms with E-state index in [9.17, 15) is 4.79 Å². The molecule has 1 aromatic heterocycles. The summed E-state index contributed by atoms with van der Waals surface area (Å²) in [4.78, 5) is 20.9. The standard InChI is InChI=1S/C16H22N4O/c1-2-8-19-9-5-15-14(19)6-10-20(15)16(21)18-12-13-4-3-7-17-11-13/h2-4,7,11,14-15H,1,5-6,8-10,12H2,(H,18,21)/t14-,15+/m0/s1. The molecule has 2 aliphatic rings. The van der Waals surface area contributed by atoms with Gasteiger partial charge in [-0.2, -0.15) is 0 Å². The molecule has 0 spiro atoms. The molecule has 3 heterocycles. The van der Waals surface area contributed by atoms with E-state index in [2.05, 4.69) is 21.8 Å². The van der Waals surface area contributed by atoms with Gasteiger partial charge in [0.15, 0.2) is 0 Å². The zero-order chi connectivity index (χ0) is 14.7. The van der Waals surface area contributed by atoms with Crippen LogP contribution in [-0.4, -0.2) is 52.5 Å². The Kier molecular flexibility index (Phi) is 4.20. The number of likely N-dealkylation sites (tertiary alicyclic amines) is 2. The summed E-state index contributed by atoms with van der Waals surface area (Å²) in [6.07, 6.45) is 7.61. The highest BCUT2D eigenvalue weighted by molar-refractivity contribution is 5.75. The molecule has 3 rings (SSSR count). The van der Waals surface area contributed by atoms with Crippen LogP contribution in [0, 0.1) is 0 Å². The first-order valence-corrected chi connectivity index (χ1v) is 7.58. The molecular weight excluding hydrogens is 264 g/mol. The number of pyridine rings is 1. The zero-order valence-electron chi connectivity index (χ0n) is 12.2. The third-order valence-corrected chi connectivity index (χ3v) is 4.48. The first kappa shape index (κ1) is 14.1. The van der Waals surface area contributed by atoms with Crippen molar-refractivity contribution in [3.8, 4) is 0 Å². The van der Waals surface area contributed by atoms with Gasteiger partial charge in [0, 0.05) is 44.6 Å². The van der Waals surface area contributed by atoms with Crippen LogP contribution in [0.4, 0.5) is 4.79 Å². The summed E-state index contributed by atoms with van der Waals surface area (Å²) >= 11 is 0. The van der Waals surface area contributed by atoms with E-state index in [1.807, 2.05) is 23.1 Å². The third kappa shape index (κ3) is 2.93. The van der Waals surface area contributed by atoms with Crippen molar-refractivity contribution in [2.24, 2.45) is 0 Å². The summed E-state index contributed by atoms with van der Waals surface area (Å²) in [5.41, 5.74) is 1.03. The summed E-state index contributed by atoms with van der Waals surface area (Å²) in [6, 6.07) is 4.77. The second-order valence-corrected chi connectivity index (χ2v) is 5.71. The van der Waals surface area contributed by atoms with E-state index in [-0.39, 0.29) is 6.03 Å². The summed E-state index contributed by atoms with van der Waals surface area (Å²) in [7, 11) is 0. The van der Waals surface area contributed by atoms with E-state index in [0.717, 1.165) is 38.0 Å². The number of nitrogens with one attached hydrogen (secondary N) is 1. The minimum Gasteiger partial charge on any atom is -0.334 e. The SMILES string of the molecule is C=CCN1CC[C@@H]2[C@@H]1CCN2C(=O)NCc1cccnc1. The number of rotatable bonds is 4. The quantitative estimate of drug-likeness (QED) is 0.856. The lowest BCUT2D eigenvalue weighted by molar-refractivity contribution is 0.189. The maximum absolute atomic E-state index is 12.4. The van der Waals surface area contributed by atoms with Gasteiger partial charge < -0.3 is 10.2 Å². The molecule has 2 amide bonds. The first-order chi connectivity index (χ1) is 10.3. The number of nitrogens with zero attached hydrogens (tertiary/aromatic N) is 3. The van der Waals surface area contributed by atoms with Gasteiger partial charge in [0.05, 0.1) is 6.04 Å². The fourth-order valence-electron chi connectivity index (χ4n) is 3.50. The molecule has 1 aromatic rings. The van der Waals surface area contributed by atoms with Crippen LogP contribution in [0.2, 0.25) is 0 Å². The number of amides is 2. The Morgan fingerprint density at radius 1 is 1.43 bits per heavy atom. The van der Waals surface area contributed by atoms with Crippen molar-refractivity contribution in [2.45, 2.75) is 31.5 Å². The molecule has 21 heavy (non-hydrogen) atoms. The van der Waals surface area contributed by atoms with Gasteiger partial charge in [0.25, 0.3) is 0 Å². The van der Waals surface area contributed by atoms with E-state index in [4.69, 9.17) is 0 Å². The molecule has 0 aliphatic carbocycles. The van der Waals surface area contributed by atoms with Gasteiger partial charge in [-0.1, -0.05) is 12.1 Å². The van der Waals surface area contributed by atoms with Crippen molar-refractivity contribution in [1.82, 2.24) is 20.1 Å². The fraction of sp³-hybridized carbons (Fsp3) is 0.500. The average molecular weight is 286 g/mol. The topological polar surface area (TPSA) is 48.5 Å². The van der Waals surface area contributed by atoms with E-state index in [0.29, 0.717) is 18.6 Å². The Morgan fingerprint density at radius 2 is 2.29 bits per heavy atom. The van der Waals surface area contributed by atoms with E-state index in [1.165, 1.54) is 0 Å². The molecule has 0 saturated carbocycles. The molecule has 112 valence electrons. The lowest BCUT2D eigenvalue weighted by Crippen LogP contribution is -2.44. The Balaban J connectivity index is 1.55. The number of hydrogen-bond acceptors (Lipinski definition) is 3. The van der Waals surface area contributed by atoms with Crippen LogP contribution in [-0.2, 0) is 6.54 Å². The summed E-state index contributed by atoms with van der Waals surface area (Å²) < 4.78 is 0.